The first-order valence-electron chi connectivity index (χ1n) is 3.95. The zero-order valence-corrected chi connectivity index (χ0v) is 9.34. The van der Waals surface area contributed by atoms with Crippen LogP contribution < -0.4 is 34.7 Å². The van der Waals surface area contributed by atoms with Crippen LogP contribution in [0.2, 0.25) is 0 Å². The number of Topliss-reactive ketones (excluding diaryl/α,β-unsaturated/α-hetero) is 1. The molecule has 0 saturated heterocycles. The van der Waals surface area contributed by atoms with Crippen LogP contribution in [0.5, 0.6) is 0 Å². The molecule has 1 aliphatic rings. The van der Waals surface area contributed by atoms with Gasteiger partial charge in [0, 0.05) is 6.42 Å². The van der Waals surface area contributed by atoms with E-state index in [9.17, 15) is 14.7 Å². The van der Waals surface area contributed by atoms with Gasteiger partial charge in [0.15, 0.2) is 0 Å². The number of aliphatic carboxylic acids is 1. The minimum atomic E-state index is -1.20. The number of carboxylic acids is 1. The largest absolute Gasteiger partial charge is 1.00 e. The van der Waals surface area contributed by atoms with Crippen molar-refractivity contribution >= 4 is 11.8 Å². The molecule has 0 aromatic heterocycles. The molecule has 3 nitrogen and oxygen atoms in total. The number of ketones is 1. The molecule has 1 atom stereocenters. The van der Waals surface area contributed by atoms with Crippen molar-refractivity contribution in [1.29, 1.82) is 0 Å². The maximum atomic E-state index is 11.0. The van der Waals surface area contributed by atoms with Gasteiger partial charge in [0.05, 0.1) is 11.9 Å². The second-order valence-electron chi connectivity index (χ2n) is 2.94. The summed E-state index contributed by atoms with van der Waals surface area (Å²) in [5.41, 5.74) is 0. The summed E-state index contributed by atoms with van der Waals surface area (Å²) >= 11 is 0. The maximum Gasteiger partial charge on any atom is 1.00 e. The van der Waals surface area contributed by atoms with Gasteiger partial charge in [-0.15, -0.1) is 0 Å². The fourth-order valence-corrected chi connectivity index (χ4v) is 1.41. The van der Waals surface area contributed by atoms with Gasteiger partial charge in [-0.25, -0.2) is 0 Å². The van der Waals surface area contributed by atoms with Crippen molar-refractivity contribution in [2.45, 2.75) is 32.1 Å². The molecule has 62 valence electrons. The van der Waals surface area contributed by atoms with E-state index < -0.39 is 11.9 Å². The van der Waals surface area contributed by atoms with E-state index >= 15 is 0 Å². The fraction of sp³-hybridized carbons (Fsp3) is 0.750. The Bertz CT molecular complexity index is 179. The van der Waals surface area contributed by atoms with E-state index in [1.54, 1.807) is 0 Å². The topological polar surface area (TPSA) is 57.2 Å². The molecular formula is C8H11NaO3. The van der Waals surface area contributed by atoms with Gasteiger partial charge in [-0.1, -0.05) is 12.8 Å². The van der Waals surface area contributed by atoms with Crippen LogP contribution in [0.1, 0.15) is 32.1 Å². The minimum Gasteiger partial charge on any atom is -0.549 e. The van der Waals surface area contributed by atoms with Gasteiger partial charge in [0.25, 0.3) is 0 Å². The molecule has 1 rings (SSSR count). The monoisotopic (exact) mass is 178 g/mol. The Hall–Kier alpha value is 0.140. The van der Waals surface area contributed by atoms with E-state index in [1.807, 2.05) is 0 Å². The minimum absolute atomic E-state index is 0. The van der Waals surface area contributed by atoms with Crippen molar-refractivity contribution in [1.82, 2.24) is 0 Å². The Balaban J connectivity index is 0.00000121. The number of hydrogen-bond donors (Lipinski definition) is 0. The van der Waals surface area contributed by atoms with Gasteiger partial charge in [-0.2, -0.15) is 0 Å². The number of rotatable bonds is 1. The van der Waals surface area contributed by atoms with Crippen LogP contribution in [0.25, 0.3) is 0 Å². The molecular weight excluding hydrogens is 167 g/mol. The molecule has 0 radical (unpaired) electrons. The van der Waals surface area contributed by atoms with Crippen molar-refractivity contribution in [2.24, 2.45) is 5.92 Å². The quantitative estimate of drug-likeness (QED) is 0.242. The molecule has 0 aromatic carbocycles. The van der Waals surface area contributed by atoms with Crippen LogP contribution in [-0.4, -0.2) is 11.8 Å². The molecule has 4 heteroatoms. The summed E-state index contributed by atoms with van der Waals surface area (Å²) in [6.07, 6.45) is 3.53. The molecule has 0 N–H and O–H groups in total. The second kappa shape index (κ2) is 5.73. The predicted molar refractivity (Wildman–Crippen MR) is 36.6 cm³/mol. The molecule has 1 saturated carbocycles. The molecule has 0 aliphatic heterocycles. The summed E-state index contributed by atoms with van der Waals surface area (Å²) in [7, 11) is 0. The Morgan fingerprint density at radius 2 is 2.00 bits per heavy atom. The van der Waals surface area contributed by atoms with Gasteiger partial charge in [-0.3, -0.25) is 4.79 Å². The third kappa shape index (κ3) is 3.25. The normalized spacial score (nSPS) is 24.0. The van der Waals surface area contributed by atoms with E-state index in [4.69, 9.17) is 0 Å². The zero-order valence-electron chi connectivity index (χ0n) is 7.34. The molecule has 0 bridgehead atoms. The van der Waals surface area contributed by atoms with Crippen LogP contribution >= 0.6 is 0 Å². The predicted octanol–water partition coefficient (Wildman–Crippen LogP) is -3.11. The average Bonchev–Trinajstić information content (AvgIpc) is 2.13. The number of carbonyl (C=O) groups excluding carboxylic acids is 2. The molecule has 12 heavy (non-hydrogen) atoms. The Kier molecular flexibility index (Phi) is 5.80. The maximum absolute atomic E-state index is 11.0. The molecule has 0 amide bonds. The summed E-state index contributed by atoms with van der Waals surface area (Å²) in [4.78, 5) is 21.4. The van der Waals surface area contributed by atoms with Gasteiger partial charge in [0.1, 0.15) is 5.78 Å². The van der Waals surface area contributed by atoms with E-state index in [0.29, 0.717) is 12.8 Å². The van der Waals surface area contributed by atoms with Crippen LogP contribution in [0, 0.1) is 5.92 Å². The van der Waals surface area contributed by atoms with Crippen molar-refractivity contribution in [3.8, 4) is 0 Å². The second-order valence-corrected chi connectivity index (χ2v) is 2.94. The fourth-order valence-electron chi connectivity index (χ4n) is 1.41. The summed E-state index contributed by atoms with van der Waals surface area (Å²) in [5.74, 6) is -2.17. The van der Waals surface area contributed by atoms with Crippen LogP contribution in [0.3, 0.4) is 0 Å². The van der Waals surface area contributed by atoms with Gasteiger partial charge >= 0.3 is 29.6 Å². The Morgan fingerprint density at radius 1 is 1.33 bits per heavy atom. The Morgan fingerprint density at radius 3 is 2.58 bits per heavy atom. The van der Waals surface area contributed by atoms with E-state index in [2.05, 4.69) is 0 Å². The van der Waals surface area contributed by atoms with Crippen molar-refractivity contribution in [3.05, 3.63) is 0 Å². The molecule has 1 aliphatic carbocycles. The van der Waals surface area contributed by atoms with Crippen LogP contribution in [-0.2, 0) is 9.59 Å². The molecule has 0 aromatic rings. The molecule has 0 spiro atoms. The van der Waals surface area contributed by atoms with E-state index in [0.717, 1.165) is 19.3 Å². The van der Waals surface area contributed by atoms with Crippen molar-refractivity contribution < 1.29 is 44.3 Å². The summed E-state index contributed by atoms with van der Waals surface area (Å²) in [6.45, 7) is 0. The van der Waals surface area contributed by atoms with E-state index in [1.165, 1.54) is 0 Å². The number of carboxylic acid groups (broad SMARTS) is 1. The number of carbonyl (C=O) groups is 2. The third-order valence-corrected chi connectivity index (χ3v) is 2.09. The molecule has 0 heterocycles. The Labute approximate surface area is 93.8 Å². The van der Waals surface area contributed by atoms with Crippen LogP contribution in [0.4, 0.5) is 0 Å². The molecule has 1 fully saturated rings. The zero-order chi connectivity index (χ0) is 8.27. The summed E-state index contributed by atoms with van der Waals surface area (Å²) in [5, 5.41) is 10.4. The molecule has 1 unspecified atom stereocenters. The first-order valence-corrected chi connectivity index (χ1v) is 3.95. The van der Waals surface area contributed by atoms with E-state index in [-0.39, 0.29) is 35.3 Å². The van der Waals surface area contributed by atoms with Gasteiger partial charge in [-0.05, 0) is 12.8 Å². The van der Waals surface area contributed by atoms with Crippen LogP contribution in [0.15, 0.2) is 0 Å². The summed E-state index contributed by atoms with van der Waals surface area (Å²) < 4.78 is 0. The van der Waals surface area contributed by atoms with Gasteiger partial charge < -0.3 is 9.90 Å². The standard InChI is InChI=1S/C8H12O3.Na/c9-7-5-3-1-2-4-6(7)8(10)11;/h6H,1-5H2,(H,10,11);/q;+1/p-1. The van der Waals surface area contributed by atoms with Crippen molar-refractivity contribution in [3.63, 3.8) is 0 Å². The first-order chi connectivity index (χ1) is 5.22. The SMILES string of the molecule is O=C([O-])C1CCCCCC1=O.[Na+]. The van der Waals surface area contributed by atoms with Crippen molar-refractivity contribution in [2.75, 3.05) is 0 Å². The third-order valence-electron chi connectivity index (χ3n) is 2.09. The summed E-state index contributed by atoms with van der Waals surface area (Å²) in [6, 6.07) is 0. The van der Waals surface area contributed by atoms with Gasteiger partial charge in [0.2, 0.25) is 0 Å². The first kappa shape index (κ1) is 12.1. The average molecular weight is 178 g/mol. The number of hydrogen-bond acceptors (Lipinski definition) is 3. The smallest absolute Gasteiger partial charge is 0.549 e.